The van der Waals surface area contributed by atoms with Crippen molar-refractivity contribution in [3.8, 4) is 0 Å². The standard InChI is InChI=1S/C14H25N3O2S/c1-10(2)13(9-17(4)5)16-20(18,19)14-11(3)7-6-8-12(14)15/h6-8,10,13,16H,9,15H2,1-5H3. The molecular formula is C14H25N3O2S. The zero-order valence-corrected chi connectivity index (χ0v) is 13.7. The van der Waals surface area contributed by atoms with Gasteiger partial charge in [0.25, 0.3) is 0 Å². The van der Waals surface area contributed by atoms with Crippen LogP contribution < -0.4 is 10.5 Å². The van der Waals surface area contributed by atoms with Crippen LogP contribution in [0.2, 0.25) is 0 Å². The van der Waals surface area contributed by atoms with Gasteiger partial charge in [0.1, 0.15) is 4.90 Å². The van der Waals surface area contributed by atoms with Crippen LogP contribution in [0.1, 0.15) is 19.4 Å². The highest BCUT2D eigenvalue weighted by Gasteiger charge is 2.25. The molecule has 0 radical (unpaired) electrons. The molecule has 0 amide bonds. The Morgan fingerprint density at radius 2 is 1.90 bits per heavy atom. The van der Waals surface area contributed by atoms with E-state index in [1.54, 1.807) is 25.1 Å². The molecular weight excluding hydrogens is 274 g/mol. The first-order valence-electron chi connectivity index (χ1n) is 6.67. The predicted octanol–water partition coefficient (Wildman–Crippen LogP) is 1.44. The molecule has 0 spiro atoms. The van der Waals surface area contributed by atoms with Crippen molar-refractivity contribution in [1.29, 1.82) is 0 Å². The van der Waals surface area contributed by atoms with Crippen molar-refractivity contribution in [3.63, 3.8) is 0 Å². The summed E-state index contributed by atoms with van der Waals surface area (Å²) >= 11 is 0. The van der Waals surface area contributed by atoms with Crippen LogP contribution in [0.4, 0.5) is 5.69 Å². The molecule has 114 valence electrons. The van der Waals surface area contributed by atoms with Gasteiger partial charge >= 0.3 is 0 Å². The molecule has 1 atom stereocenters. The van der Waals surface area contributed by atoms with E-state index in [0.29, 0.717) is 12.1 Å². The maximum absolute atomic E-state index is 12.6. The van der Waals surface area contributed by atoms with E-state index in [0.717, 1.165) is 0 Å². The number of anilines is 1. The van der Waals surface area contributed by atoms with Crippen molar-refractivity contribution in [3.05, 3.63) is 23.8 Å². The topological polar surface area (TPSA) is 75.4 Å². The number of nitrogens with zero attached hydrogens (tertiary/aromatic N) is 1. The van der Waals surface area contributed by atoms with E-state index in [-0.39, 0.29) is 22.5 Å². The molecule has 6 heteroatoms. The van der Waals surface area contributed by atoms with Gasteiger partial charge in [0.2, 0.25) is 10.0 Å². The summed E-state index contributed by atoms with van der Waals surface area (Å²) < 4.78 is 27.9. The summed E-state index contributed by atoms with van der Waals surface area (Å²) in [4.78, 5) is 2.15. The minimum Gasteiger partial charge on any atom is -0.398 e. The number of rotatable bonds is 6. The van der Waals surface area contributed by atoms with E-state index >= 15 is 0 Å². The second-order valence-electron chi connectivity index (χ2n) is 5.73. The van der Waals surface area contributed by atoms with Gasteiger partial charge in [-0.15, -0.1) is 0 Å². The lowest BCUT2D eigenvalue weighted by Crippen LogP contribution is -2.45. The van der Waals surface area contributed by atoms with Crippen LogP contribution in [0.15, 0.2) is 23.1 Å². The number of aryl methyl sites for hydroxylation is 1. The third kappa shape index (κ3) is 4.19. The molecule has 0 aliphatic heterocycles. The van der Waals surface area contributed by atoms with Crippen LogP contribution in [-0.2, 0) is 10.0 Å². The fraction of sp³-hybridized carbons (Fsp3) is 0.571. The van der Waals surface area contributed by atoms with Crippen LogP contribution in [-0.4, -0.2) is 40.0 Å². The molecule has 0 aromatic heterocycles. The smallest absolute Gasteiger partial charge is 0.243 e. The van der Waals surface area contributed by atoms with Crippen molar-refractivity contribution in [2.24, 2.45) is 5.92 Å². The SMILES string of the molecule is Cc1cccc(N)c1S(=O)(=O)NC(CN(C)C)C(C)C. The maximum Gasteiger partial charge on any atom is 0.243 e. The zero-order valence-electron chi connectivity index (χ0n) is 12.8. The number of likely N-dealkylation sites (N-methyl/N-ethyl adjacent to an activating group) is 1. The molecule has 20 heavy (non-hydrogen) atoms. The lowest BCUT2D eigenvalue weighted by Gasteiger charge is -2.26. The van der Waals surface area contributed by atoms with Crippen molar-refractivity contribution in [2.45, 2.75) is 31.7 Å². The normalized spacial score (nSPS) is 13.9. The molecule has 1 aromatic rings. The highest BCUT2D eigenvalue weighted by Crippen LogP contribution is 2.23. The molecule has 0 bridgehead atoms. The van der Waals surface area contributed by atoms with Gasteiger partial charge < -0.3 is 10.6 Å². The van der Waals surface area contributed by atoms with Crippen molar-refractivity contribution >= 4 is 15.7 Å². The average Bonchev–Trinajstić information content (AvgIpc) is 2.26. The van der Waals surface area contributed by atoms with E-state index in [1.165, 1.54) is 0 Å². The average molecular weight is 299 g/mol. The van der Waals surface area contributed by atoms with E-state index in [4.69, 9.17) is 5.73 Å². The van der Waals surface area contributed by atoms with Crippen molar-refractivity contribution in [1.82, 2.24) is 9.62 Å². The molecule has 0 aliphatic rings. The highest BCUT2D eigenvalue weighted by molar-refractivity contribution is 7.89. The number of benzene rings is 1. The first kappa shape index (κ1) is 16.9. The quantitative estimate of drug-likeness (QED) is 0.779. The Balaban J connectivity index is 3.10. The van der Waals surface area contributed by atoms with Gasteiger partial charge in [-0.3, -0.25) is 0 Å². The van der Waals surface area contributed by atoms with E-state index in [2.05, 4.69) is 4.72 Å². The first-order valence-corrected chi connectivity index (χ1v) is 8.15. The minimum absolute atomic E-state index is 0.158. The highest BCUT2D eigenvalue weighted by atomic mass is 32.2. The molecule has 0 saturated carbocycles. The zero-order chi connectivity index (χ0) is 15.5. The molecule has 0 fully saturated rings. The number of sulfonamides is 1. The Labute approximate surface area is 122 Å². The second-order valence-corrected chi connectivity index (χ2v) is 7.38. The molecule has 0 aliphatic carbocycles. The van der Waals surface area contributed by atoms with Gasteiger partial charge in [0.15, 0.2) is 0 Å². The van der Waals surface area contributed by atoms with Gasteiger partial charge in [0.05, 0.1) is 5.69 Å². The minimum atomic E-state index is -3.61. The number of hydrogen-bond acceptors (Lipinski definition) is 4. The number of nitrogen functional groups attached to an aromatic ring is 1. The molecule has 1 rings (SSSR count). The first-order chi connectivity index (χ1) is 9.15. The van der Waals surface area contributed by atoms with Gasteiger partial charge in [-0.2, -0.15) is 0 Å². The van der Waals surface area contributed by atoms with E-state index in [9.17, 15) is 8.42 Å². The van der Waals surface area contributed by atoms with Crippen LogP contribution in [0.5, 0.6) is 0 Å². The molecule has 1 unspecified atom stereocenters. The summed E-state index contributed by atoms with van der Waals surface area (Å²) in [5, 5.41) is 0. The Kier molecular flexibility index (Phi) is 5.56. The summed E-state index contributed by atoms with van der Waals surface area (Å²) in [5.41, 5.74) is 6.77. The summed E-state index contributed by atoms with van der Waals surface area (Å²) in [6, 6.07) is 4.96. The van der Waals surface area contributed by atoms with Crippen molar-refractivity contribution in [2.75, 3.05) is 26.4 Å². The lowest BCUT2D eigenvalue weighted by molar-refractivity contribution is 0.314. The molecule has 1 aromatic carbocycles. The Hall–Kier alpha value is -1.11. The van der Waals surface area contributed by atoms with Gasteiger partial charge in [-0.25, -0.2) is 13.1 Å². The Morgan fingerprint density at radius 3 is 2.35 bits per heavy atom. The fourth-order valence-corrected chi connectivity index (χ4v) is 3.81. The Bertz CT molecular complexity index is 533. The monoisotopic (exact) mass is 299 g/mol. The molecule has 0 heterocycles. The number of hydrogen-bond donors (Lipinski definition) is 2. The van der Waals surface area contributed by atoms with Crippen LogP contribution in [0, 0.1) is 12.8 Å². The van der Waals surface area contributed by atoms with Crippen molar-refractivity contribution < 1.29 is 8.42 Å². The van der Waals surface area contributed by atoms with E-state index in [1.807, 2.05) is 32.8 Å². The molecule has 0 saturated heterocycles. The summed E-state index contributed by atoms with van der Waals surface area (Å²) in [6.07, 6.45) is 0. The summed E-state index contributed by atoms with van der Waals surface area (Å²) in [5.74, 6) is 0.192. The summed E-state index contributed by atoms with van der Waals surface area (Å²) in [7, 11) is 0.232. The third-order valence-corrected chi connectivity index (χ3v) is 4.89. The predicted molar refractivity (Wildman–Crippen MR) is 83.1 cm³/mol. The second kappa shape index (κ2) is 6.56. The van der Waals surface area contributed by atoms with Crippen LogP contribution in [0.3, 0.4) is 0 Å². The van der Waals surface area contributed by atoms with Crippen LogP contribution in [0.25, 0.3) is 0 Å². The van der Waals surface area contributed by atoms with Gasteiger partial charge in [0, 0.05) is 12.6 Å². The maximum atomic E-state index is 12.6. The number of nitrogens with two attached hydrogens (primary N) is 1. The fourth-order valence-electron chi connectivity index (χ4n) is 2.08. The molecule has 5 nitrogen and oxygen atoms in total. The van der Waals surface area contributed by atoms with Gasteiger partial charge in [-0.05, 0) is 38.6 Å². The van der Waals surface area contributed by atoms with Gasteiger partial charge in [-0.1, -0.05) is 26.0 Å². The van der Waals surface area contributed by atoms with Crippen LogP contribution >= 0.6 is 0 Å². The molecule has 3 N–H and O–H groups in total. The van der Waals surface area contributed by atoms with E-state index < -0.39 is 10.0 Å². The largest absolute Gasteiger partial charge is 0.398 e. The lowest BCUT2D eigenvalue weighted by atomic mass is 10.1. The Morgan fingerprint density at radius 1 is 1.30 bits per heavy atom. The summed E-state index contributed by atoms with van der Waals surface area (Å²) in [6.45, 7) is 6.39. The third-order valence-electron chi connectivity index (χ3n) is 3.18. The number of nitrogens with one attached hydrogen (secondary N) is 1.